The number of aromatic nitrogens is 1. The van der Waals surface area contributed by atoms with Crippen molar-refractivity contribution in [3.8, 4) is 5.75 Å². The molecule has 0 radical (unpaired) electrons. The summed E-state index contributed by atoms with van der Waals surface area (Å²) in [6.45, 7) is 0.645. The molecule has 0 aliphatic heterocycles. The SMILES string of the molecule is COc1ccc(Cl)c(CNc2ccc3cnccc3c2)c1. The summed E-state index contributed by atoms with van der Waals surface area (Å²) in [4.78, 5) is 4.12. The lowest BCUT2D eigenvalue weighted by atomic mass is 10.1. The van der Waals surface area contributed by atoms with Crippen molar-refractivity contribution in [3.05, 3.63) is 65.4 Å². The molecule has 21 heavy (non-hydrogen) atoms. The summed E-state index contributed by atoms with van der Waals surface area (Å²) in [5.74, 6) is 0.806. The van der Waals surface area contributed by atoms with Crippen LogP contribution in [0, 0.1) is 0 Å². The Morgan fingerprint density at radius 3 is 2.86 bits per heavy atom. The Morgan fingerprint density at radius 1 is 1.10 bits per heavy atom. The molecule has 0 aliphatic carbocycles. The van der Waals surface area contributed by atoms with E-state index in [0.717, 1.165) is 32.8 Å². The quantitative estimate of drug-likeness (QED) is 0.769. The van der Waals surface area contributed by atoms with E-state index >= 15 is 0 Å². The smallest absolute Gasteiger partial charge is 0.119 e. The van der Waals surface area contributed by atoms with Gasteiger partial charge in [0, 0.05) is 35.0 Å². The van der Waals surface area contributed by atoms with Crippen molar-refractivity contribution in [2.45, 2.75) is 6.54 Å². The van der Waals surface area contributed by atoms with E-state index < -0.39 is 0 Å². The number of ether oxygens (including phenoxy) is 1. The maximum atomic E-state index is 6.21. The van der Waals surface area contributed by atoms with Crippen LogP contribution >= 0.6 is 11.6 Å². The molecule has 3 aromatic rings. The molecule has 1 aromatic heterocycles. The first-order chi connectivity index (χ1) is 10.3. The number of hydrogen-bond donors (Lipinski definition) is 1. The number of methoxy groups -OCH3 is 1. The van der Waals surface area contributed by atoms with Gasteiger partial charge in [-0.25, -0.2) is 0 Å². The van der Waals surface area contributed by atoms with Crippen LogP contribution in [0.5, 0.6) is 5.75 Å². The van der Waals surface area contributed by atoms with Gasteiger partial charge >= 0.3 is 0 Å². The second kappa shape index (κ2) is 6.02. The minimum absolute atomic E-state index is 0.645. The first-order valence-corrected chi connectivity index (χ1v) is 7.04. The van der Waals surface area contributed by atoms with Crippen LogP contribution in [0.3, 0.4) is 0 Å². The Hall–Kier alpha value is -2.26. The molecule has 106 valence electrons. The predicted molar refractivity (Wildman–Crippen MR) is 87.1 cm³/mol. The number of rotatable bonds is 4. The number of nitrogens with zero attached hydrogens (tertiary/aromatic N) is 1. The van der Waals surface area contributed by atoms with Crippen LogP contribution in [0.25, 0.3) is 10.8 Å². The fourth-order valence-corrected chi connectivity index (χ4v) is 2.39. The highest BCUT2D eigenvalue weighted by Crippen LogP contribution is 2.24. The lowest BCUT2D eigenvalue weighted by Crippen LogP contribution is -2.00. The first kappa shape index (κ1) is 13.7. The molecular formula is C17H15ClN2O. The maximum Gasteiger partial charge on any atom is 0.119 e. The largest absolute Gasteiger partial charge is 0.497 e. The Morgan fingerprint density at radius 2 is 2.00 bits per heavy atom. The van der Waals surface area contributed by atoms with E-state index in [0.29, 0.717) is 6.54 Å². The fraction of sp³-hybridized carbons (Fsp3) is 0.118. The Bertz CT molecular complexity index is 774. The summed E-state index contributed by atoms with van der Waals surface area (Å²) in [5.41, 5.74) is 2.05. The van der Waals surface area contributed by atoms with Gasteiger partial charge in [0.25, 0.3) is 0 Å². The Labute approximate surface area is 128 Å². The monoisotopic (exact) mass is 298 g/mol. The normalized spacial score (nSPS) is 10.6. The van der Waals surface area contributed by atoms with Crippen LogP contribution in [0.2, 0.25) is 5.02 Å². The van der Waals surface area contributed by atoms with Crippen molar-refractivity contribution in [1.82, 2.24) is 4.98 Å². The van der Waals surface area contributed by atoms with Gasteiger partial charge in [-0.2, -0.15) is 0 Å². The minimum Gasteiger partial charge on any atom is -0.497 e. The van der Waals surface area contributed by atoms with Gasteiger partial charge in [-0.05, 0) is 47.3 Å². The van der Waals surface area contributed by atoms with Crippen LogP contribution in [0.15, 0.2) is 54.9 Å². The molecule has 0 spiro atoms. The van der Waals surface area contributed by atoms with Gasteiger partial charge < -0.3 is 10.1 Å². The second-order valence-corrected chi connectivity index (χ2v) is 5.16. The lowest BCUT2D eigenvalue weighted by Gasteiger charge is -2.10. The summed E-state index contributed by atoms with van der Waals surface area (Å²) >= 11 is 6.21. The number of hydrogen-bond acceptors (Lipinski definition) is 3. The van der Waals surface area contributed by atoms with Crippen LogP contribution in [-0.4, -0.2) is 12.1 Å². The average molecular weight is 299 g/mol. The molecule has 0 fully saturated rings. The van der Waals surface area contributed by atoms with E-state index in [1.807, 2.05) is 36.5 Å². The lowest BCUT2D eigenvalue weighted by molar-refractivity contribution is 0.414. The molecule has 0 saturated heterocycles. The second-order valence-electron chi connectivity index (χ2n) is 4.75. The molecule has 3 nitrogen and oxygen atoms in total. The summed E-state index contributed by atoms with van der Waals surface area (Å²) in [6, 6.07) is 13.8. The molecule has 3 rings (SSSR count). The maximum absolute atomic E-state index is 6.21. The van der Waals surface area contributed by atoms with Crippen LogP contribution < -0.4 is 10.1 Å². The minimum atomic E-state index is 0.645. The number of benzene rings is 2. The zero-order valence-electron chi connectivity index (χ0n) is 11.6. The summed E-state index contributed by atoms with van der Waals surface area (Å²) in [7, 11) is 1.65. The molecule has 1 N–H and O–H groups in total. The van der Waals surface area contributed by atoms with Gasteiger partial charge in [0.1, 0.15) is 5.75 Å². The molecule has 1 heterocycles. The van der Waals surface area contributed by atoms with E-state index in [1.165, 1.54) is 0 Å². The third-order valence-electron chi connectivity index (χ3n) is 3.38. The average Bonchev–Trinajstić information content (AvgIpc) is 2.54. The van der Waals surface area contributed by atoms with Gasteiger partial charge in [-0.15, -0.1) is 0 Å². The first-order valence-electron chi connectivity index (χ1n) is 6.66. The van der Waals surface area contributed by atoms with Crippen molar-refractivity contribution in [2.24, 2.45) is 0 Å². The summed E-state index contributed by atoms with van der Waals surface area (Å²) < 4.78 is 5.23. The molecule has 0 aliphatic rings. The molecule has 0 atom stereocenters. The van der Waals surface area contributed by atoms with E-state index in [9.17, 15) is 0 Å². The number of fused-ring (bicyclic) bond motifs is 1. The van der Waals surface area contributed by atoms with Gasteiger partial charge in [0.15, 0.2) is 0 Å². The van der Waals surface area contributed by atoms with Gasteiger partial charge in [0.2, 0.25) is 0 Å². The molecule has 0 unspecified atom stereocenters. The van der Waals surface area contributed by atoms with Gasteiger partial charge in [-0.3, -0.25) is 4.98 Å². The Kier molecular flexibility index (Phi) is 3.93. The third kappa shape index (κ3) is 3.09. The highest BCUT2D eigenvalue weighted by atomic mass is 35.5. The molecule has 0 bridgehead atoms. The zero-order chi connectivity index (χ0) is 14.7. The molecule has 2 aromatic carbocycles. The number of pyridine rings is 1. The fourth-order valence-electron chi connectivity index (χ4n) is 2.20. The van der Waals surface area contributed by atoms with Crippen molar-refractivity contribution in [3.63, 3.8) is 0 Å². The summed E-state index contributed by atoms with van der Waals surface area (Å²) in [5, 5.41) is 6.40. The number of anilines is 1. The summed E-state index contributed by atoms with van der Waals surface area (Å²) in [6.07, 6.45) is 3.66. The van der Waals surface area contributed by atoms with E-state index in [1.54, 1.807) is 13.3 Å². The van der Waals surface area contributed by atoms with Crippen LogP contribution in [-0.2, 0) is 6.54 Å². The van der Waals surface area contributed by atoms with Crippen LogP contribution in [0.4, 0.5) is 5.69 Å². The number of nitrogens with one attached hydrogen (secondary N) is 1. The predicted octanol–water partition coefficient (Wildman–Crippen LogP) is 4.51. The molecule has 0 saturated carbocycles. The number of halogens is 1. The Balaban J connectivity index is 1.80. The van der Waals surface area contributed by atoms with Crippen molar-refractivity contribution in [1.29, 1.82) is 0 Å². The van der Waals surface area contributed by atoms with Crippen molar-refractivity contribution < 1.29 is 4.74 Å². The zero-order valence-corrected chi connectivity index (χ0v) is 12.4. The van der Waals surface area contributed by atoms with E-state index in [4.69, 9.17) is 16.3 Å². The van der Waals surface area contributed by atoms with Crippen LogP contribution in [0.1, 0.15) is 5.56 Å². The van der Waals surface area contributed by atoms with E-state index in [2.05, 4.69) is 22.4 Å². The van der Waals surface area contributed by atoms with Gasteiger partial charge in [-0.1, -0.05) is 17.7 Å². The van der Waals surface area contributed by atoms with Crippen molar-refractivity contribution in [2.75, 3.05) is 12.4 Å². The molecule has 0 amide bonds. The topological polar surface area (TPSA) is 34.1 Å². The highest BCUT2D eigenvalue weighted by molar-refractivity contribution is 6.31. The standard InChI is InChI=1S/C17H15ClN2O/c1-21-16-4-5-17(18)14(9-16)11-20-15-3-2-13-10-19-7-6-12(13)8-15/h2-10,20H,11H2,1H3. The molecule has 4 heteroatoms. The van der Waals surface area contributed by atoms with Gasteiger partial charge in [0.05, 0.1) is 7.11 Å². The molecular weight excluding hydrogens is 284 g/mol. The van der Waals surface area contributed by atoms with Crippen molar-refractivity contribution >= 4 is 28.1 Å². The highest BCUT2D eigenvalue weighted by Gasteiger charge is 2.03. The van der Waals surface area contributed by atoms with E-state index in [-0.39, 0.29) is 0 Å². The third-order valence-corrected chi connectivity index (χ3v) is 3.75.